The van der Waals surface area contributed by atoms with Crippen LogP contribution in [0.1, 0.15) is 62.3 Å². The topological polar surface area (TPSA) is 21.3 Å². The number of hydrogen-bond donors (Lipinski definition) is 1. The summed E-state index contributed by atoms with van der Waals surface area (Å²) in [6.45, 7) is 9.84. The normalized spacial score (nSPS) is 20.4. The Balaban J connectivity index is 1.91. The third kappa shape index (κ3) is 4.55. The van der Waals surface area contributed by atoms with E-state index in [-0.39, 0.29) is 0 Å². The number of aryl methyl sites for hydroxylation is 2. The lowest BCUT2D eigenvalue weighted by Crippen LogP contribution is -2.30. The van der Waals surface area contributed by atoms with E-state index in [1.807, 2.05) is 7.05 Å². The SMILES string of the molecule is CNC(COC1CCC(C)(C)CC1)c1ccc(C)cc1C. The van der Waals surface area contributed by atoms with Gasteiger partial charge in [0.1, 0.15) is 0 Å². The molecule has 1 atom stereocenters. The zero-order valence-electron chi connectivity index (χ0n) is 14.3. The molecule has 1 aliphatic carbocycles. The fourth-order valence-corrected chi connectivity index (χ4v) is 3.32. The van der Waals surface area contributed by atoms with E-state index in [0.717, 1.165) is 6.61 Å². The van der Waals surface area contributed by atoms with Crippen molar-refractivity contribution < 1.29 is 4.74 Å². The highest BCUT2D eigenvalue weighted by molar-refractivity contribution is 5.32. The van der Waals surface area contributed by atoms with Crippen LogP contribution in [0.3, 0.4) is 0 Å². The highest BCUT2D eigenvalue weighted by Gasteiger charge is 2.27. The van der Waals surface area contributed by atoms with Gasteiger partial charge >= 0.3 is 0 Å². The summed E-state index contributed by atoms with van der Waals surface area (Å²) >= 11 is 0. The molecule has 0 bridgehead atoms. The second-order valence-corrected chi connectivity index (χ2v) is 7.40. The molecule has 0 aromatic heterocycles. The van der Waals surface area contributed by atoms with Crippen molar-refractivity contribution in [2.24, 2.45) is 5.41 Å². The van der Waals surface area contributed by atoms with Gasteiger partial charge < -0.3 is 10.1 Å². The van der Waals surface area contributed by atoms with Crippen LogP contribution in [0.5, 0.6) is 0 Å². The lowest BCUT2D eigenvalue weighted by atomic mass is 9.76. The maximum atomic E-state index is 6.21. The predicted molar refractivity (Wildman–Crippen MR) is 89.7 cm³/mol. The van der Waals surface area contributed by atoms with Crippen LogP contribution in [0.25, 0.3) is 0 Å². The molecule has 2 rings (SSSR count). The number of rotatable bonds is 5. The number of benzene rings is 1. The summed E-state index contributed by atoms with van der Waals surface area (Å²) in [5.41, 5.74) is 4.54. The van der Waals surface area contributed by atoms with Crippen molar-refractivity contribution >= 4 is 0 Å². The van der Waals surface area contributed by atoms with Crippen LogP contribution in [0.4, 0.5) is 0 Å². The molecule has 1 unspecified atom stereocenters. The summed E-state index contributed by atoms with van der Waals surface area (Å²) in [7, 11) is 2.03. The van der Waals surface area contributed by atoms with Crippen LogP contribution < -0.4 is 5.32 Å². The van der Waals surface area contributed by atoms with Gasteiger partial charge in [-0.15, -0.1) is 0 Å². The van der Waals surface area contributed by atoms with Crippen LogP contribution in [-0.2, 0) is 4.74 Å². The van der Waals surface area contributed by atoms with Gasteiger partial charge in [0.05, 0.1) is 18.8 Å². The first-order chi connectivity index (χ1) is 9.91. The van der Waals surface area contributed by atoms with Crippen LogP contribution >= 0.6 is 0 Å². The summed E-state index contributed by atoms with van der Waals surface area (Å²) in [6, 6.07) is 6.97. The largest absolute Gasteiger partial charge is 0.376 e. The minimum absolute atomic E-state index is 0.292. The maximum absolute atomic E-state index is 6.21. The second kappa shape index (κ2) is 6.93. The van der Waals surface area contributed by atoms with Gasteiger partial charge in [0, 0.05) is 0 Å². The zero-order chi connectivity index (χ0) is 15.5. The number of nitrogens with one attached hydrogen (secondary N) is 1. The smallest absolute Gasteiger partial charge is 0.0665 e. The number of ether oxygens (including phenoxy) is 1. The lowest BCUT2D eigenvalue weighted by Gasteiger charge is -2.34. The Bertz CT molecular complexity index is 457. The lowest BCUT2D eigenvalue weighted by molar-refractivity contribution is -0.00510. The average molecular weight is 289 g/mol. The van der Waals surface area contributed by atoms with Crippen LogP contribution in [-0.4, -0.2) is 19.8 Å². The monoisotopic (exact) mass is 289 g/mol. The summed E-state index contributed by atoms with van der Waals surface area (Å²) in [6.07, 6.45) is 5.42. The van der Waals surface area contributed by atoms with Gasteiger partial charge in [-0.2, -0.15) is 0 Å². The highest BCUT2D eigenvalue weighted by Crippen LogP contribution is 2.36. The van der Waals surface area contributed by atoms with E-state index in [9.17, 15) is 0 Å². The molecule has 1 N–H and O–H groups in total. The van der Waals surface area contributed by atoms with E-state index >= 15 is 0 Å². The fraction of sp³-hybridized carbons (Fsp3) is 0.684. The van der Waals surface area contributed by atoms with Crippen molar-refractivity contribution in [1.82, 2.24) is 5.32 Å². The molecule has 1 aromatic carbocycles. The maximum Gasteiger partial charge on any atom is 0.0665 e. The number of hydrogen-bond acceptors (Lipinski definition) is 2. The molecule has 2 nitrogen and oxygen atoms in total. The number of likely N-dealkylation sites (N-methyl/N-ethyl adjacent to an activating group) is 1. The van der Waals surface area contributed by atoms with E-state index in [1.165, 1.54) is 42.4 Å². The van der Waals surface area contributed by atoms with Crippen molar-refractivity contribution in [3.05, 3.63) is 34.9 Å². The summed E-state index contributed by atoms with van der Waals surface area (Å²) in [5.74, 6) is 0. The van der Waals surface area contributed by atoms with Gasteiger partial charge in [0.15, 0.2) is 0 Å². The summed E-state index contributed by atoms with van der Waals surface area (Å²) < 4.78 is 6.21. The highest BCUT2D eigenvalue weighted by atomic mass is 16.5. The van der Waals surface area contributed by atoms with E-state index in [2.05, 4.69) is 51.2 Å². The summed E-state index contributed by atoms with van der Waals surface area (Å²) in [4.78, 5) is 0. The molecule has 0 amide bonds. The second-order valence-electron chi connectivity index (χ2n) is 7.40. The molecule has 1 saturated carbocycles. The van der Waals surface area contributed by atoms with Crippen molar-refractivity contribution in [1.29, 1.82) is 0 Å². The Morgan fingerprint density at radius 3 is 2.48 bits per heavy atom. The molecular formula is C19H31NO. The first-order valence-electron chi connectivity index (χ1n) is 8.27. The van der Waals surface area contributed by atoms with Gasteiger partial charge in [-0.1, -0.05) is 37.6 Å². The Kier molecular flexibility index (Phi) is 5.45. The molecule has 118 valence electrons. The standard InChI is InChI=1S/C19H31NO/c1-14-6-7-17(15(2)12-14)18(20-5)13-21-16-8-10-19(3,4)11-9-16/h6-7,12,16,18,20H,8-11,13H2,1-5H3. The van der Waals surface area contributed by atoms with E-state index in [0.29, 0.717) is 17.6 Å². The zero-order valence-corrected chi connectivity index (χ0v) is 14.3. The quantitative estimate of drug-likeness (QED) is 0.858. The van der Waals surface area contributed by atoms with Crippen molar-refractivity contribution in [2.45, 2.75) is 65.5 Å². The summed E-state index contributed by atoms with van der Waals surface area (Å²) in [5, 5.41) is 3.41. The van der Waals surface area contributed by atoms with Gasteiger partial charge in [0.2, 0.25) is 0 Å². The third-order valence-electron chi connectivity index (χ3n) is 4.93. The Morgan fingerprint density at radius 2 is 1.90 bits per heavy atom. The van der Waals surface area contributed by atoms with E-state index in [4.69, 9.17) is 4.74 Å². The Morgan fingerprint density at radius 1 is 1.24 bits per heavy atom. The Hall–Kier alpha value is -0.860. The van der Waals surface area contributed by atoms with Gasteiger partial charge in [0.25, 0.3) is 0 Å². The van der Waals surface area contributed by atoms with Gasteiger partial charge in [-0.3, -0.25) is 0 Å². The molecular weight excluding hydrogens is 258 g/mol. The molecule has 0 spiro atoms. The fourth-order valence-electron chi connectivity index (χ4n) is 3.32. The molecule has 1 fully saturated rings. The molecule has 21 heavy (non-hydrogen) atoms. The molecule has 2 heteroatoms. The minimum atomic E-state index is 0.292. The van der Waals surface area contributed by atoms with E-state index < -0.39 is 0 Å². The van der Waals surface area contributed by atoms with Gasteiger partial charge in [-0.05, 0) is 63.1 Å². The molecule has 0 heterocycles. The first-order valence-corrected chi connectivity index (χ1v) is 8.27. The van der Waals surface area contributed by atoms with E-state index in [1.54, 1.807) is 0 Å². The molecule has 0 radical (unpaired) electrons. The van der Waals surface area contributed by atoms with Crippen LogP contribution in [0.2, 0.25) is 0 Å². The third-order valence-corrected chi connectivity index (χ3v) is 4.93. The average Bonchev–Trinajstić information content (AvgIpc) is 2.42. The molecule has 1 aliphatic rings. The van der Waals surface area contributed by atoms with Gasteiger partial charge in [-0.25, -0.2) is 0 Å². The Labute approximate surface area is 130 Å². The predicted octanol–water partition coefficient (Wildman–Crippen LogP) is 4.55. The minimum Gasteiger partial charge on any atom is -0.376 e. The van der Waals surface area contributed by atoms with Crippen molar-refractivity contribution in [3.63, 3.8) is 0 Å². The van der Waals surface area contributed by atoms with Crippen LogP contribution in [0, 0.1) is 19.3 Å². The molecule has 0 saturated heterocycles. The molecule has 0 aliphatic heterocycles. The van der Waals surface area contributed by atoms with Crippen molar-refractivity contribution in [2.75, 3.05) is 13.7 Å². The van der Waals surface area contributed by atoms with Crippen molar-refractivity contribution in [3.8, 4) is 0 Å². The van der Waals surface area contributed by atoms with Crippen LogP contribution in [0.15, 0.2) is 18.2 Å². The molecule has 1 aromatic rings. The first kappa shape index (κ1) is 16.5.